The van der Waals surface area contributed by atoms with Gasteiger partial charge in [-0.15, -0.1) is 0 Å². The molecule has 0 radical (unpaired) electrons. The normalized spacial score (nSPS) is 11.5. The molecule has 4 nitrogen and oxygen atoms in total. The maximum atomic E-state index is 11.4. The molecule has 0 spiro atoms. The first-order valence-corrected chi connectivity index (χ1v) is 6.66. The molecule has 0 unspecified atom stereocenters. The zero-order valence-corrected chi connectivity index (χ0v) is 9.63. The van der Waals surface area contributed by atoms with Crippen LogP contribution in [0.2, 0.25) is 0 Å². The van der Waals surface area contributed by atoms with Gasteiger partial charge in [0.25, 0.3) is 0 Å². The largest absolute Gasteiger partial charge is 0.260 e. The van der Waals surface area contributed by atoms with Gasteiger partial charge in [-0.1, -0.05) is 19.4 Å². The summed E-state index contributed by atoms with van der Waals surface area (Å²) in [6.45, 7) is 2.24. The van der Waals surface area contributed by atoms with E-state index in [1.807, 2.05) is 13.0 Å². The Morgan fingerprint density at radius 2 is 2.20 bits per heavy atom. The van der Waals surface area contributed by atoms with Crippen LogP contribution in [-0.2, 0) is 16.6 Å². The first-order valence-electron chi connectivity index (χ1n) is 5.01. The van der Waals surface area contributed by atoms with Crippen LogP contribution < -0.4 is 4.72 Å². The highest BCUT2D eigenvalue weighted by molar-refractivity contribution is 7.89. The van der Waals surface area contributed by atoms with Crippen molar-refractivity contribution in [3.8, 4) is 0 Å². The number of hydrogen-bond acceptors (Lipinski definition) is 3. The molecule has 0 aliphatic heterocycles. The maximum Gasteiger partial charge on any atom is 0.211 e. The highest BCUT2D eigenvalue weighted by Gasteiger charge is 2.08. The lowest BCUT2D eigenvalue weighted by molar-refractivity contribution is 0.577. The Bertz CT molecular complexity index is 376. The molecule has 0 saturated carbocycles. The van der Waals surface area contributed by atoms with Gasteiger partial charge in [0.05, 0.1) is 18.0 Å². The van der Waals surface area contributed by atoms with Crippen LogP contribution in [0.4, 0.5) is 0 Å². The third-order valence-corrected chi connectivity index (χ3v) is 3.38. The van der Waals surface area contributed by atoms with Crippen LogP contribution in [0.1, 0.15) is 25.5 Å². The van der Waals surface area contributed by atoms with Crippen molar-refractivity contribution in [1.29, 1.82) is 0 Å². The predicted molar refractivity (Wildman–Crippen MR) is 59.8 cm³/mol. The van der Waals surface area contributed by atoms with Crippen LogP contribution in [0.25, 0.3) is 0 Å². The van der Waals surface area contributed by atoms with Crippen molar-refractivity contribution >= 4 is 10.0 Å². The van der Waals surface area contributed by atoms with Gasteiger partial charge < -0.3 is 0 Å². The predicted octanol–water partition coefficient (Wildman–Crippen LogP) is 1.30. The minimum atomic E-state index is -3.13. The summed E-state index contributed by atoms with van der Waals surface area (Å²) < 4.78 is 25.4. The molecule has 0 bridgehead atoms. The highest BCUT2D eigenvalue weighted by Crippen LogP contribution is 1.97. The van der Waals surface area contributed by atoms with E-state index in [1.165, 1.54) is 0 Å². The third kappa shape index (κ3) is 4.90. The minimum absolute atomic E-state index is 0.191. The molecule has 0 saturated heterocycles. The first kappa shape index (κ1) is 12.1. The lowest BCUT2D eigenvalue weighted by Gasteiger charge is -2.04. The van der Waals surface area contributed by atoms with Crippen molar-refractivity contribution in [3.63, 3.8) is 0 Å². The quantitative estimate of drug-likeness (QED) is 0.798. The summed E-state index contributed by atoms with van der Waals surface area (Å²) in [6.07, 6.45) is 3.22. The summed E-state index contributed by atoms with van der Waals surface area (Å²) in [5.41, 5.74) is 0.734. The van der Waals surface area contributed by atoms with E-state index < -0.39 is 10.0 Å². The van der Waals surface area contributed by atoms with Crippen molar-refractivity contribution in [3.05, 3.63) is 30.1 Å². The molecule has 1 heterocycles. The van der Waals surface area contributed by atoms with Gasteiger partial charge in [0.15, 0.2) is 0 Å². The molecular formula is C10H16N2O2S. The summed E-state index contributed by atoms with van der Waals surface area (Å²) in [6, 6.07) is 5.43. The van der Waals surface area contributed by atoms with E-state index in [4.69, 9.17) is 0 Å². The van der Waals surface area contributed by atoms with Gasteiger partial charge in [-0.3, -0.25) is 4.98 Å². The lowest BCUT2D eigenvalue weighted by atomic mass is 10.4. The molecule has 1 aromatic heterocycles. The Kier molecular flexibility index (Phi) is 4.71. The van der Waals surface area contributed by atoms with E-state index in [-0.39, 0.29) is 12.3 Å². The van der Waals surface area contributed by atoms with E-state index in [2.05, 4.69) is 9.71 Å². The Labute approximate surface area is 90.8 Å². The molecule has 1 aromatic rings. The molecule has 0 aliphatic rings. The minimum Gasteiger partial charge on any atom is -0.260 e. The first-order chi connectivity index (χ1) is 7.14. The highest BCUT2D eigenvalue weighted by atomic mass is 32.2. The van der Waals surface area contributed by atoms with Gasteiger partial charge >= 0.3 is 0 Å². The Hall–Kier alpha value is -0.940. The Morgan fingerprint density at radius 3 is 2.80 bits per heavy atom. The summed E-state index contributed by atoms with van der Waals surface area (Å²) in [4.78, 5) is 4.04. The number of unbranched alkanes of at least 4 members (excludes halogenated alkanes) is 1. The van der Waals surface area contributed by atoms with Crippen molar-refractivity contribution in [2.24, 2.45) is 0 Å². The maximum absolute atomic E-state index is 11.4. The second-order valence-corrected chi connectivity index (χ2v) is 5.24. The fraction of sp³-hybridized carbons (Fsp3) is 0.500. The Balaban J connectivity index is 2.43. The van der Waals surface area contributed by atoms with Gasteiger partial charge in [0.2, 0.25) is 10.0 Å². The molecule has 1 rings (SSSR count). The SMILES string of the molecule is CCCCS(=O)(=O)NCc1ccccn1. The van der Waals surface area contributed by atoms with E-state index in [0.29, 0.717) is 6.42 Å². The number of nitrogens with zero attached hydrogens (tertiary/aromatic N) is 1. The number of sulfonamides is 1. The fourth-order valence-electron chi connectivity index (χ4n) is 1.09. The summed E-state index contributed by atoms with van der Waals surface area (Å²) in [5.74, 6) is 0.191. The van der Waals surface area contributed by atoms with Crippen LogP contribution in [-0.4, -0.2) is 19.2 Å². The molecule has 0 atom stereocenters. The number of pyridine rings is 1. The molecule has 0 aliphatic carbocycles. The van der Waals surface area contributed by atoms with Crippen LogP contribution in [0.5, 0.6) is 0 Å². The summed E-state index contributed by atoms with van der Waals surface area (Å²) in [7, 11) is -3.13. The number of rotatable bonds is 6. The van der Waals surface area contributed by atoms with Crippen LogP contribution in [0.15, 0.2) is 24.4 Å². The second-order valence-electron chi connectivity index (χ2n) is 3.31. The van der Waals surface area contributed by atoms with Crippen molar-refractivity contribution in [2.45, 2.75) is 26.3 Å². The van der Waals surface area contributed by atoms with Gasteiger partial charge in [-0.25, -0.2) is 13.1 Å². The standard InChI is InChI=1S/C10H16N2O2S/c1-2-3-8-15(13,14)12-9-10-6-4-5-7-11-10/h4-7,12H,2-3,8-9H2,1H3. The van der Waals surface area contributed by atoms with Gasteiger partial charge in [0, 0.05) is 6.20 Å². The third-order valence-electron chi connectivity index (χ3n) is 1.97. The zero-order valence-electron chi connectivity index (χ0n) is 8.81. The molecule has 1 N–H and O–H groups in total. The molecule has 84 valence electrons. The van der Waals surface area contributed by atoms with Gasteiger partial charge in [-0.05, 0) is 18.6 Å². The average Bonchev–Trinajstić information content (AvgIpc) is 2.25. The van der Waals surface area contributed by atoms with Gasteiger partial charge in [-0.2, -0.15) is 0 Å². The molecule has 0 fully saturated rings. The fourth-order valence-corrected chi connectivity index (χ4v) is 2.27. The number of hydrogen-bond donors (Lipinski definition) is 1. The summed E-state index contributed by atoms with van der Waals surface area (Å²) >= 11 is 0. The van der Waals surface area contributed by atoms with E-state index >= 15 is 0 Å². The molecule has 15 heavy (non-hydrogen) atoms. The number of nitrogens with one attached hydrogen (secondary N) is 1. The van der Waals surface area contributed by atoms with Gasteiger partial charge in [0.1, 0.15) is 0 Å². The number of aromatic nitrogens is 1. The molecule has 0 aromatic carbocycles. The van der Waals surface area contributed by atoms with Crippen molar-refractivity contribution in [2.75, 3.05) is 5.75 Å². The summed E-state index contributed by atoms with van der Waals surface area (Å²) in [5, 5.41) is 0. The zero-order chi connectivity index (χ0) is 11.1. The van der Waals surface area contributed by atoms with E-state index in [9.17, 15) is 8.42 Å². The molecular weight excluding hydrogens is 212 g/mol. The van der Waals surface area contributed by atoms with Crippen LogP contribution >= 0.6 is 0 Å². The molecule has 5 heteroatoms. The van der Waals surface area contributed by atoms with Crippen LogP contribution in [0.3, 0.4) is 0 Å². The average molecular weight is 228 g/mol. The Morgan fingerprint density at radius 1 is 1.40 bits per heavy atom. The smallest absolute Gasteiger partial charge is 0.211 e. The topological polar surface area (TPSA) is 59.1 Å². The van der Waals surface area contributed by atoms with E-state index in [1.54, 1.807) is 18.3 Å². The monoisotopic (exact) mass is 228 g/mol. The van der Waals surface area contributed by atoms with E-state index in [0.717, 1.165) is 12.1 Å². The second kappa shape index (κ2) is 5.82. The molecule has 0 amide bonds. The lowest BCUT2D eigenvalue weighted by Crippen LogP contribution is -2.26. The van der Waals surface area contributed by atoms with Crippen molar-refractivity contribution in [1.82, 2.24) is 9.71 Å². The van der Waals surface area contributed by atoms with Crippen LogP contribution in [0, 0.1) is 0 Å². The van der Waals surface area contributed by atoms with Crippen molar-refractivity contribution < 1.29 is 8.42 Å².